The van der Waals surface area contributed by atoms with Crippen LogP contribution in [0.5, 0.6) is 0 Å². The van der Waals surface area contributed by atoms with Crippen LogP contribution in [0.3, 0.4) is 0 Å². The third-order valence-corrected chi connectivity index (χ3v) is 7.05. The normalized spacial score (nSPS) is 22.1. The average Bonchev–Trinajstić information content (AvgIpc) is 3.65. The lowest BCUT2D eigenvalue weighted by molar-refractivity contribution is -0.141. The highest BCUT2D eigenvalue weighted by Gasteiger charge is 2.49. The molecule has 1 saturated carbocycles. The second-order valence-corrected chi connectivity index (χ2v) is 9.74. The molecule has 184 valence electrons. The molecule has 2 aliphatic heterocycles. The van der Waals surface area contributed by atoms with Gasteiger partial charge in [-0.25, -0.2) is 14.2 Å². The van der Waals surface area contributed by atoms with E-state index in [4.69, 9.17) is 22.1 Å². The van der Waals surface area contributed by atoms with Gasteiger partial charge in [-0.3, -0.25) is 14.9 Å². The maximum absolute atomic E-state index is 15.2. The van der Waals surface area contributed by atoms with Crippen molar-refractivity contribution in [3.05, 3.63) is 52.4 Å². The van der Waals surface area contributed by atoms with E-state index >= 15 is 4.39 Å². The highest BCUT2D eigenvalue weighted by atomic mass is 35.5. The Balaban J connectivity index is 1.40. The van der Waals surface area contributed by atoms with Crippen LogP contribution in [0.25, 0.3) is 0 Å². The number of nitrogens with zero attached hydrogens (tertiary/aromatic N) is 2. The zero-order valence-corrected chi connectivity index (χ0v) is 19.6. The molecule has 1 aromatic heterocycles. The minimum atomic E-state index is -1.37. The van der Waals surface area contributed by atoms with Gasteiger partial charge in [0.2, 0.25) is 5.91 Å². The van der Waals surface area contributed by atoms with Crippen molar-refractivity contribution in [2.45, 2.75) is 43.7 Å². The Morgan fingerprint density at radius 2 is 2.14 bits per heavy atom. The van der Waals surface area contributed by atoms with E-state index in [9.17, 15) is 14.4 Å². The van der Waals surface area contributed by atoms with Gasteiger partial charge < -0.3 is 20.7 Å². The molecule has 3 amide bonds. The molecule has 1 aliphatic carbocycles. The summed E-state index contributed by atoms with van der Waals surface area (Å²) in [4.78, 5) is 44.3. The molecule has 3 aliphatic rings. The number of hydrogen-bond acceptors (Lipinski definition) is 6. The predicted molar refractivity (Wildman–Crippen MR) is 126 cm³/mol. The van der Waals surface area contributed by atoms with Crippen LogP contribution in [0.15, 0.2) is 30.5 Å². The van der Waals surface area contributed by atoms with Crippen molar-refractivity contribution in [3.63, 3.8) is 0 Å². The lowest BCUT2D eigenvalue weighted by atomic mass is 9.82. The Morgan fingerprint density at radius 3 is 2.86 bits per heavy atom. The van der Waals surface area contributed by atoms with Gasteiger partial charge in [0.25, 0.3) is 5.91 Å². The maximum atomic E-state index is 15.2. The monoisotopic (exact) mass is 501 g/mol. The number of aromatic nitrogens is 1. The van der Waals surface area contributed by atoms with Crippen molar-refractivity contribution in [3.8, 4) is 0 Å². The molecule has 35 heavy (non-hydrogen) atoms. The van der Waals surface area contributed by atoms with Crippen LogP contribution in [0, 0.1) is 11.7 Å². The Hall–Kier alpha value is -3.40. The molecule has 1 saturated heterocycles. The molecule has 2 fully saturated rings. The van der Waals surface area contributed by atoms with E-state index < -0.39 is 29.5 Å². The molecule has 0 bridgehead atoms. The molecule has 4 N–H and O–H groups in total. The molecule has 3 heterocycles. The topological polar surface area (TPSA) is 127 Å². The van der Waals surface area contributed by atoms with Gasteiger partial charge in [-0.15, -0.1) is 0 Å². The molecule has 1 unspecified atom stereocenters. The molecule has 9 nitrogen and oxygen atoms in total. The first-order valence-corrected chi connectivity index (χ1v) is 11.9. The molecule has 11 heteroatoms. The molecule has 0 radical (unpaired) electrons. The van der Waals surface area contributed by atoms with Crippen molar-refractivity contribution >= 4 is 41.0 Å². The average molecular weight is 502 g/mol. The summed E-state index contributed by atoms with van der Waals surface area (Å²) in [5, 5.41) is 5.25. The number of benzene rings is 1. The van der Waals surface area contributed by atoms with Crippen molar-refractivity contribution in [1.82, 2.24) is 15.2 Å². The Labute approximate surface area is 206 Å². The quantitative estimate of drug-likeness (QED) is 0.576. The van der Waals surface area contributed by atoms with Crippen LogP contribution in [0.4, 0.5) is 20.7 Å². The summed E-state index contributed by atoms with van der Waals surface area (Å²) in [6, 6.07) is 5.19. The number of nitrogens with two attached hydrogens (primary N) is 1. The van der Waals surface area contributed by atoms with E-state index in [1.54, 1.807) is 11.0 Å². The van der Waals surface area contributed by atoms with E-state index in [-0.39, 0.29) is 34.5 Å². The minimum Gasteiger partial charge on any atom is -0.436 e. The number of halogens is 2. The number of nitrogen functional groups attached to an aromatic ring is 1. The fourth-order valence-corrected chi connectivity index (χ4v) is 5.03. The largest absolute Gasteiger partial charge is 0.436 e. The highest BCUT2D eigenvalue weighted by molar-refractivity contribution is 6.31. The number of anilines is 2. The van der Waals surface area contributed by atoms with Crippen molar-refractivity contribution in [2.24, 2.45) is 5.92 Å². The first kappa shape index (κ1) is 23.3. The number of carbonyl (C=O) groups excluding carboxylic acids is 3. The standard InChI is InChI=1S/C24H25ClFN5O4/c25-15-5-6-16-19(20(15)26)24(35-23(34)30-16)8-1-9-31(12-24)22(33)17(10-13-2-3-13)29-21(32)14-4-7-18(27)28-11-14/h4-7,11,13,17H,1-3,8-10,12H2,(H2,27,28)(H,29,32)(H,30,34)/t17?,24-/m0/s1. The third-order valence-electron chi connectivity index (χ3n) is 6.76. The number of nitrogens with one attached hydrogen (secondary N) is 2. The van der Waals surface area contributed by atoms with E-state index in [1.165, 1.54) is 24.4 Å². The van der Waals surface area contributed by atoms with Gasteiger partial charge in [-0.2, -0.15) is 0 Å². The Bertz CT molecular complexity index is 1190. The number of piperidine rings is 1. The van der Waals surface area contributed by atoms with Gasteiger partial charge in [0.05, 0.1) is 28.4 Å². The Morgan fingerprint density at radius 1 is 1.34 bits per heavy atom. The Kier molecular flexibility index (Phi) is 6.00. The minimum absolute atomic E-state index is 0.0377. The van der Waals surface area contributed by atoms with Gasteiger partial charge >= 0.3 is 6.09 Å². The summed E-state index contributed by atoms with van der Waals surface area (Å²) in [7, 11) is 0. The van der Waals surface area contributed by atoms with Crippen molar-refractivity contribution in [2.75, 3.05) is 24.1 Å². The van der Waals surface area contributed by atoms with E-state index in [0.717, 1.165) is 12.8 Å². The summed E-state index contributed by atoms with van der Waals surface area (Å²) >= 11 is 6.04. The molecular weight excluding hydrogens is 477 g/mol. The lowest BCUT2D eigenvalue weighted by Crippen LogP contribution is -2.57. The number of rotatable bonds is 5. The highest BCUT2D eigenvalue weighted by Crippen LogP contribution is 2.45. The third kappa shape index (κ3) is 4.62. The van der Waals surface area contributed by atoms with E-state index in [0.29, 0.717) is 37.3 Å². The number of ether oxygens (including phenoxy) is 1. The van der Waals surface area contributed by atoms with Gasteiger partial charge in [0.1, 0.15) is 11.9 Å². The van der Waals surface area contributed by atoms with Gasteiger partial charge in [0.15, 0.2) is 11.4 Å². The number of fused-ring (bicyclic) bond motifs is 2. The fourth-order valence-electron chi connectivity index (χ4n) is 4.87. The zero-order chi connectivity index (χ0) is 24.7. The smallest absolute Gasteiger partial charge is 0.412 e. The van der Waals surface area contributed by atoms with E-state index in [1.807, 2.05) is 0 Å². The summed E-state index contributed by atoms with van der Waals surface area (Å²) < 4.78 is 20.8. The first-order valence-electron chi connectivity index (χ1n) is 11.6. The molecule has 2 aromatic rings. The van der Waals surface area contributed by atoms with E-state index in [2.05, 4.69) is 15.6 Å². The molecule has 1 spiro atoms. The van der Waals surface area contributed by atoms with Crippen molar-refractivity contribution < 1.29 is 23.5 Å². The van der Waals surface area contributed by atoms with Crippen LogP contribution in [-0.2, 0) is 15.1 Å². The summed E-state index contributed by atoms with van der Waals surface area (Å²) in [6.07, 6.45) is 3.95. The number of carbonyl (C=O) groups is 3. The summed E-state index contributed by atoms with van der Waals surface area (Å²) in [5.41, 5.74) is 4.94. The lowest BCUT2D eigenvalue weighted by Gasteiger charge is -2.45. The zero-order valence-electron chi connectivity index (χ0n) is 18.9. The van der Waals surface area contributed by atoms with Gasteiger partial charge in [0, 0.05) is 12.7 Å². The number of pyridine rings is 1. The van der Waals surface area contributed by atoms with Crippen LogP contribution in [0.2, 0.25) is 5.02 Å². The maximum Gasteiger partial charge on any atom is 0.412 e. The second kappa shape index (κ2) is 8.99. The SMILES string of the molecule is Nc1ccc(C(=O)NC(CC2CC2)C(=O)N2CCC[C@@]3(C2)OC(=O)Nc2ccc(Cl)c(F)c23)cn1. The molecule has 1 aromatic carbocycles. The predicted octanol–water partition coefficient (Wildman–Crippen LogP) is 3.43. The molecular formula is C24H25ClFN5O4. The van der Waals surface area contributed by atoms with Gasteiger partial charge in [-0.05, 0) is 49.4 Å². The summed E-state index contributed by atoms with van der Waals surface area (Å²) in [6.45, 7) is 0.355. The fraction of sp³-hybridized carbons (Fsp3) is 0.417. The van der Waals surface area contributed by atoms with Crippen LogP contribution in [-0.4, -0.2) is 46.9 Å². The van der Waals surface area contributed by atoms with Crippen molar-refractivity contribution in [1.29, 1.82) is 0 Å². The van der Waals surface area contributed by atoms with Gasteiger partial charge in [-0.1, -0.05) is 24.4 Å². The number of likely N-dealkylation sites (tertiary alicyclic amines) is 1. The molecule has 5 rings (SSSR count). The van der Waals surface area contributed by atoms with Crippen LogP contribution >= 0.6 is 11.6 Å². The summed E-state index contributed by atoms with van der Waals surface area (Å²) in [5.74, 6) is -0.778. The second-order valence-electron chi connectivity index (χ2n) is 9.33. The number of amides is 3. The molecule has 2 atom stereocenters. The number of hydrogen-bond donors (Lipinski definition) is 3. The first-order chi connectivity index (χ1) is 16.8. The van der Waals surface area contributed by atoms with Crippen LogP contribution in [0.1, 0.15) is 48.0 Å². The van der Waals surface area contributed by atoms with Crippen LogP contribution < -0.4 is 16.4 Å².